The van der Waals surface area contributed by atoms with Gasteiger partial charge in [0.15, 0.2) is 0 Å². The fourth-order valence-electron chi connectivity index (χ4n) is 1.44. The zero-order valence-electron chi connectivity index (χ0n) is 7.50. The summed E-state index contributed by atoms with van der Waals surface area (Å²) in [5, 5.41) is 2.68. The monoisotopic (exact) mass is 256 g/mol. The summed E-state index contributed by atoms with van der Waals surface area (Å²) in [6.07, 6.45) is 0. The molecule has 0 fully saturated rings. The van der Waals surface area contributed by atoms with Crippen molar-refractivity contribution in [3.8, 4) is 5.75 Å². The number of amides is 1. The molecule has 1 amide bonds. The highest BCUT2D eigenvalue weighted by Gasteiger charge is 2.28. The summed E-state index contributed by atoms with van der Waals surface area (Å²) in [4.78, 5) is 11.2. The first-order chi connectivity index (χ1) is 6.63. The number of hydrogen-bond donors (Lipinski definition) is 2. The van der Waals surface area contributed by atoms with Gasteiger partial charge in [0.25, 0.3) is 0 Å². The largest absolute Gasteiger partial charge is 0.495 e. The standard InChI is InChI=1S/C9H9BrN2O2/c1-14-7-3-6-4(2-5(7)10)8(11)9(13)12-6/h2-3,8H,11H2,1H3,(H,12,13). The van der Waals surface area contributed by atoms with E-state index >= 15 is 0 Å². The number of methoxy groups -OCH3 is 1. The number of nitrogens with two attached hydrogens (primary N) is 1. The molecule has 0 aliphatic carbocycles. The Balaban J connectivity index is 2.54. The maximum absolute atomic E-state index is 11.2. The van der Waals surface area contributed by atoms with Gasteiger partial charge in [-0.3, -0.25) is 4.79 Å². The van der Waals surface area contributed by atoms with Crippen LogP contribution in [0.4, 0.5) is 5.69 Å². The molecule has 1 aliphatic heterocycles. The smallest absolute Gasteiger partial charge is 0.245 e. The SMILES string of the molecule is COc1cc2c(cc1Br)C(N)C(=O)N2. The van der Waals surface area contributed by atoms with Crippen LogP contribution in [0, 0.1) is 0 Å². The number of ether oxygens (including phenoxy) is 1. The Morgan fingerprint density at radius 2 is 2.29 bits per heavy atom. The van der Waals surface area contributed by atoms with E-state index in [9.17, 15) is 4.79 Å². The minimum atomic E-state index is -0.577. The van der Waals surface area contributed by atoms with Gasteiger partial charge >= 0.3 is 0 Å². The van der Waals surface area contributed by atoms with Crippen LogP contribution >= 0.6 is 15.9 Å². The number of benzene rings is 1. The number of rotatable bonds is 1. The first kappa shape index (κ1) is 9.48. The summed E-state index contributed by atoms with van der Waals surface area (Å²) >= 11 is 3.34. The van der Waals surface area contributed by atoms with E-state index in [1.807, 2.05) is 0 Å². The first-order valence-electron chi connectivity index (χ1n) is 4.07. The third-order valence-corrected chi connectivity index (χ3v) is 2.82. The number of halogens is 1. The van der Waals surface area contributed by atoms with Gasteiger partial charge in [-0.2, -0.15) is 0 Å². The average Bonchev–Trinajstić information content (AvgIpc) is 2.43. The Morgan fingerprint density at radius 3 is 2.93 bits per heavy atom. The van der Waals surface area contributed by atoms with Crippen molar-refractivity contribution in [1.29, 1.82) is 0 Å². The first-order valence-corrected chi connectivity index (χ1v) is 4.86. The van der Waals surface area contributed by atoms with Crippen LogP contribution in [0.5, 0.6) is 5.75 Å². The van der Waals surface area contributed by atoms with Crippen LogP contribution in [0.25, 0.3) is 0 Å². The van der Waals surface area contributed by atoms with Crippen molar-refractivity contribution < 1.29 is 9.53 Å². The van der Waals surface area contributed by atoms with E-state index in [4.69, 9.17) is 10.5 Å². The molecular formula is C9H9BrN2O2. The van der Waals surface area contributed by atoms with E-state index in [1.165, 1.54) is 0 Å². The topological polar surface area (TPSA) is 64.3 Å². The summed E-state index contributed by atoms with van der Waals surface area (Å²) in [6, 6.07) is 2.98. The predicted molar refractivity (Wildman–Crippen MR) is 56.3 cm³/mol. The van der Waals surface area contributed by atoms with Crippen LogP contribution < -0.4 is 15.8 Å². The second-order valence-corrected chi connectivity index (χ2v) is 3.90. The number of carbonyl (C=O) groups is 1. The van der Waals surface area contributed by atoms with E-state index in [-0.39, 0.29) is 5.91 Å². The van der Waals surface area contributed by atoms with E-state index in [1.54, 1.807) is 19.2 Å². The normalized spacial score (nSPS) is 19.1. The van der Waals surface area contributed by atoms with Crippen molar-refractivity contribution in [1.82, 2.24) is 0 Å². The number of nitrogens with one attached hydrogen (secondary N) is 1. The lowest BCUT2D eigenvalue weighted by Crippen LogP contribution is -2.19. The molecule has 0 radical (unpaired) electrons. The molecule has 1 heterocycles. The number of hydrogen-bond acceptors (Lipinski definition) is 3. The maximum Gasteiger partial charge on any atom is 0.245 e. The van der Waals surface area contributed by atoms with Gasteiger partial charge in [-0.05, 0) is 22.0 Å². The molecule has 0 aromatic heterocycles. The second kappa shape index (κ2) is 3.25. The molecule has 1 aliphatic rings. The fraction of sp³-hybridized carbons (Fsp3) is 0.222. The van der Waals surface area contributed by atoms with Crippen LogP contribution in [0.1, 0.15) is 11.6 Å². The molecule has 14 heavy (non-hydrogen) atoms. The third kappa shape index (κ3) is 1.29. The van der Waals surface area contributed by atoms with E-state index in [0.717, 1.165) is 15.7 Å². The Hall–Kier alpha value is -1.07. The summed E-state index contributed by atoms with van der Waals surface area (Å²) < 4.78 is 5.90. The van der Waals surface area contributed by atoms with Crippen molar-refractivity contribution in [2.24, 2.45) is 5.73 Å². The van der Waals surface area contributed by atoms with Crippen molar-refractivity contribution in [2.75, 3.05) is 12.4 Å². The lowest BCUT2D eigenvalue weighted by Gasteiger charge is -2.06. The van der Waals surface area contributed by atoms with Gasteiger partial charge in [-0.1, -0.05) is 0 Å². The molecule has 0 saturated heterocycles. The van der Waals surface area contributed by atoms with E-state index in [0.29, 0.717) is 5.75 Å². The zero-order chi connectivity index (χ0) is 10.3. The van der Waals surface area contributed by atoms with Crippen molar-refractivity contribution in [3.05, 3.63) is 22.2 Å². The van der Waals surface area contributed by atoms with Gasteiger partial charge in [0, 0.05) is 17.3 Å². The van der Waals surface area contributed by atoms with Crippen molar-refractivity contribution in [2.45, 2.75) is 6.04 Å². The van der Waals surface area contributed by atoms with Gasteiger partial charge in [-0.25, -0.2) is 0 Å². The molecule has 1 unspecified atom stereocenters. The molecule has 2 rings (SSSR count). The molecule has 3 N–H and O–H groups in total. The number of anilines is 1. The quantitative estimate of drug-likeness (QED) is 0.799. The van der Waals surface area contributed by atoms with Crippen molar-refractivity contribution in [3.63, 3.8) is 0 Å². The Bertz CT molecular complexity index is 406. The number of carbonyl (C=O) groups excluding carboxylic acids is 1. The predicted octanol–water partition coefficient (Wildman–Crippen LogP) is 1.41. The minimum absolute atomic E-state index is 0.180. The Morgan fingerprint density at radius 1 is 1.57 bits per heavy atom. The summed E-state index contributed by atoms with van der Waals surface area (Å²) in [7, 11) is 1.57. The highest BCUT2D eigenvalue weighted by molar-refractivity contribution is 9.10. The second-order valence-electron chi connectivity index (χ2n) is 3.04. The van der Waals surface area contributed by atoms with Crippen molar-refractivity contribution >= 4 is 27.5 Å². The molecular weight excluding hydrogens is 248 g/mol. The lowest BCUT2D eigenvalue weighted by molar-refractivity contribution is -0.116. The van der Waals surface area contributed by atoms with Crippen LogP contribution in [0.15, 0.2) is 16.6 Å². The molecule has 1 atom stereocenters. The Labute approximate surface area is 89.6 Å². The van der Waals surface area contributed by atoms with Gasteiger partial charge in [-0.15, -0.1) is 0 Å². The Kier molecular flexibility index (Phi) is 2.20. The fourth-order valence-corrected chi connectivity index (χ4v) is 1.97. The summed E-state index contributed by atoms with van der Waals surface area (Å²) in [5.74, 6) is 0.498. The van der Waals surface area contributed by atoms with Crippen LogP contribution in [-0.4, -0.2) is 13.0 Å². The molecule has 0 spiro atoms. The van der Waals surface area contributed by atoms with Crippen LogP contribution in [0.2, 0.25) is 0 Å². The summed E-state index contributed by atoms with van der Waals surface area (Å²) in [6.45, 7) is 0. The van der Waals surface area contributed by atoms with E-state index in [2.05, 4.69) is 21.2 Å². The molecule has 74 valence electrons. The van der Waals surface area contributed by atoms with E-state index < -0.39 is 6.04 Å². The van der Waals surface area contributed by atoms with Gasteiger partial charge in [0.05, 0.1) is 11.6 Å². The molecule has 0 saturated carbocycles. The maximum atomic E-state index is 11.2. The third-order valence-electron chi connectivity index (χ3n) is 2.20. The van der Waals surface area contributed by atoms with Crippen LogP contribution in [-0.2, 0) is 4.79 Å². The minimum Gasteiger partial charge on any atom is -0.495 e. The molecule has 0 bridgehead atoms. The molecule has 1 aromatic rings. The highest BCUT2D eigenvalue weighted by atomic mass is 79.9. The zero-order valence-corrected chi connectivity index (χ0v) is 9.09. The highest BCUT2D eigenvalue weighted by Crippen LogP contribution is 2.37. The van der Waals surface area contributed by atoms with Crippen LogP contribution in [0.3, 0.4) is 0 Å². The molecule has 4 nitrogen and oxygen atoms in total. The number of fused-ring (bicyclic) bond motifs is 1. The summed E-state index contributed by atoms with van der Waals surface area (Å²) in [5.41, 5.74) is 7.20. The molecule has 1 aromatic carbocycles. The lowest BCUT2D eigenvalue weighted by atomic mass is 10.1. The molecule has 5 heteroatoms. The average molecular weight is 257 g/mol. The van der Waals surface area contributed by atoms with Gasteiger partial charge in [0.1, 0.15) is 11.8 Å². The van der Waals surface area contributed by atoms with Gasteiger partial charge < -0.3 is 15.8 Å². The van der Waals surface area contributed by atoms with Gasteiger partial charge in [0.2, 0.25) is 5.91 Å².